The molecule has 2 aromatic heterocycles. The van der Waals surface area contributed by atoms with Crippen molar-refractivity contribution in [2.24, 2.45) is 0 Å². The first-order valence-corrected chi connectivity index (χ1v) is 9.74. The van der Waals surface area contributed by atoms with Gasteiger partial charge in [0.15, 0.2) is 0 Å². The van der Waals surface area contributed by atoms with Crippen molar-refractivity contribution in [1.82, 2.24) is 35.1 Å². The minimum Gasteiger partial charge on any atom is -0.383 e. The predicted octanol–water partition coefficient (Wildman–Crippen LogP) is 2.80. The fourth-order valence-corrected chi connectivity index (χ4v) is 3.51. The maximum absolute atomic E-state index is 13.1. The van der Waals surface area contributed by atoms with E-state index in [9.17, 15) is 4.79 Å². The number of para-hydroxylation sites is 2. The third kappa shape index (κ3) is 3.89. The lowest BCUT2D eigenvalue weighted by Crippen LogP contribution is -2.30. The zero-order chi connectivity index (χ0) is 21.1. The van der Waals surface area contributed by atoms with Crippen LogP contribution in [0.2, 0.25) is 5.02 Å². The minimum absolute atomic E-state index is 0.282. The molecule has 1 atom stereocenters. The molecule has 0 bridgehead atoms. The zero-order valence-electron chi connectivity index (χ0n) is 16.5. The lowest BCUT2D eigenvalue weighted by atomic mass is 10.1. The maximum Gasteiger partial charge on any atom is 0.254 e. The molecule has 0 saturated heterocycles. The van der Waals surface area contributed by atoms with Gasteiger partial charge >= 0.3 is 0 Å². The second kappa shape index (κ2) is 8.60. The van der Waals surface area contributed by atoms with Crippen molar-refractivity contribution in [2.45, 2.75) is 19.5 Å². The van der Waals surface area contributed by atoms with Crippen LogP contribution in [0, 0.1) is 0 Å². The van der Waals surface area contributed by atoms with Gasteiger partial charge in [0.05, 0.1) is 34.9 Å². The van der Waals surface area contributed by atoms with E-state index in [2.05, 4.69) is 25.4 Å². The Morgan fingerprint density at radius 3 is 2.87 bits per heavy atom. The second-order valence-electron chi connectivity index (χ2n) is 6.71. The Morgan fingerprint density at radius 2 is 2.10 bits per heavy atom. The molecule has 30 heavy (non-hydrogen) atoms. The van der Waals surface area contributed by atoms with Crippen LogP contribution in [0.25, 0.3) is 16.7 Å². The van der Waals surface area contributed by atoms with Crippen LogP contribution in [0.1, 0.15) is 29.1 Å². The number of fused-ring (bicyclic) bond motifs is 1. The van der Waals surface area contributed by atoms with Gasteiger partial charge in [-0.1, -0.05) is 23.7 Å². The number of hydrogen-bond donors (Lipinski definition) is 1. The molecule has 0 aliphatic heterocycles. The Hall–Kier alpha value is -3.30. The highest BCUT2D eigenvalue weighted by Crippen LogP contribution is 2.23. The molecule has 1 N–H and O–H groups in total. The van der Waals surface area contributed by atoms with E-state index >= 15 is 0 Å². The van der Waals surface area contributed by atoms with E-state index in [-0.39, 0.29) is 11.9 Å². The van der Waals surface area contributed by atoms with Gasteiger partial charge in [-0.3, -0.25) is 4.79 Å². The van der Waals surface area contributed by atoms with Crippen molar-refractivity contribution >= 4 is 28.5 Å². The Bertz CT molecular complexity index is 1170. The smallest absolute Gasteiger partial charge is 0.254 e. The lowest BCUT2D eigenvalue weighted by Gasteiger charge is -2.17. The van der Waals surface area contributed by atoms with E-state index in [4.69, 9.17) is 21.3 Å². The minimum atomic E-state index is -0.348. The normalized spacial score (nSPS) is 12.2. The SMILES string of the molecule is COCCn1c([C@@H](C)NC(=O)c2ccc(Cl)cc2-n2cnnn2)nc2ccccc21. The van der Waals surface area contributed by atoms with Crippen LogP contribution in [0.4, 0.5) is 0 Å². The molecule has 0 spiro atoms. The molecule has 2 aromatic carbocycles. The molecule has 0 unspecified atom stereocenters. The van der Waals surface area contributed by atoms with Crippen molar-refractivity contribution in [3.63, 3.8) is 0 Å². The molecule has 1 amide bonds. The molecule has 0 saturated carbocycles. The van der Waals surface area contributed by atoms with Crippen LogP contribution in [0.5, 0.6) is 0 Å². The highest BCUT2D eigenvalue weighted by Gasteiger charge is 2.21. The zero-order valence-corrected chi connectivity index (χ0v) is 17.2. The van der Waals surface area contributed by atoms with Crippen LogP contribution in [0.15, 0.2) is 48.8 Å². The number of aromatic nitrogens is 6. The molecule has 2 heterocycles. The number of imidazole rings is 1. The van der Waals surface area contributed by atoms with Crippen molar-refractivity contribution < 1.29 is 9.53 Å². The van der Waals surface area contributed by atoms with Crippen molar-refractivity contribution in [1.29, 1.82) is 0 Å². The van der Waals surface area contributed by atoms with Crippen molar-refractivity contribution in [3.05, 3.63) is 65.2 Å². The summed E-state index contributed by atoms with van der Waals surface area (Å²) in [6.45, 7) is 3.06. The Kier molecular flexibility index (Phi) is 5.73. The lowest BCUT2D eigenvalue weighted by molar-refractivity contribution is 0.0937. The summed E-state index contributed by atoms with van der Waals surface area (Å²) in [5, 5.41) is 14.6. The summed E-state index contributed by atoms with van der Waals surface area (Å²) in [5.41, 5.74) is 2.75. The summed E-state index contributed by atoms with van der Waals surface area (Å²) >= 11 is 6.12. The molecule has 0 aliphatic rings. The number of ether oxygens (including phenoxy) is 1. The number of halogens is 1. The van der Waals surface area contributed by atoms with Crippen LogP contribution >= 0.6 is 11.6 Å². The molecule has 10 heteroatoms. The van der Waals surface area contributed by atoms with E-state index in [0.717, 1.165) is 16.9 Å². The topological polar surface area (TPSA) is 99.8 Å². The first kappa shape index (κ1) is 20.0. The standard InChI is InChI=1S/C20H20ClN7O2/c1-13(19-24-16-5-3-4-6-17(16)27(19)9-10-30-2)23-20(29)15-8-7-14(21)11-18(15)28-12-22-25-26-28/h3-8,11-13H,9-10H2,1-2H3,(H,23,29)/t13-/m1/s1. The average Bonchev–Trinajstić information content (AvgIpc) is 3.40. The number of tetrazole rings is 1. The molecule has 9 nitrogen and oxygen atoms in total. The summed E-state index contributed by atoms with van der Waals surface area (Å²) in [6.07, 6.45) is 1.41. The third-order valence-corrected chi connectivity index (χ3v) is 4.97. The van der Waals surface area contributed by atoms with Crippen LogP contribution in [-0.4, -0.2) is 49.4 Å². The van der Waals surface area contributed by atoms with E-state index in [1.165, 1.54) is 11.0 Å². The number of carbonyl (C=O) groups excluding carboxylic acids is 1. The summed E-state index contributed by atoms with van der Waals surface area (Å²) in [7, 11) is 1.66. The number of nitrogens with zero attached hydrogens (tertiary/aromatic N) is 6. The molecule has 154 valence electrons. The number of rotatable bonds is 7. The van der Waals surface area contributed by atoms with Gasteiger partial charge in [-0.25, -0.2) is 4.98 Å². The Labute approximate surface area is 177 Å². The number of nitrogens with one attached hydrogen (secondary N) is 1. The Balaban J connectivity index is 1.65. The number of benzene rings is 2. The Morgan fingerprint density at radius 1 is 1.27 bits per heavy atom. The number of amides is 1. The van der Waals surface area contributed by atoms with Gasteiger partial charge < -0.3 is 14.6 Å². The first-order valence-electron chi connectivity index (χ1n) is 9.36. The van der Waals surface area contributed by atoms with Crippen LogP contribution in [-0.2, 0) is 11.3 Å². The molecular formula is C20H20ClN7O2. The number of methoxy groups -OCH3 is 1. The van der Waals surface area contributed by atoms with Gasteiger partial charge in [0.1, 0.15) is 12.2 Å². The number of carbonyl (C=O) groups is 1. The van der Waals surface area contributed by atoms with Gasteiger partial charge in [-0.15, -0.1) is 5.10 Å². The predicted molar refractivity (Wildman–Crippen MR) is 112 cm³/mol. The molecule has 4 rings (SSSR count). The average molecular weight is 426 g/mol. The molecule has 0 aliphatic carbocycles. The monoisotopic (exact) mass is 425 g/mol. The second-order valence-corrected chi connectivity index (χ2v) is 7.15. The van der Waals surface area contributed by atoms with E-state index < -0.39 is 0 Å². The molecular weight excluding hydrogens is 406 g/mol. The summed E-state index contributed by atoms with van der Waals surface area (Å²) in [6, 6.07) is 12.5. The third-order valence-electron chi connectivity index (χ3n) is 4.74. The van der Waals surface area contributed by atoms with Gasteiger partial charge in [0.2, 0.25) is 0 Å². The van der Waals surface area contributed by atoms with Crippen LogP contribution < -0.4 is 5.32 Å². The molecule has 0 radical (unpaired) electrons. The van der Waals surface area contributed by atoms with Gasteiger partial charge in [0, 0.05) is 18.7 Å². The largest absolute Gasteiger partial charge is 0.383 e. The highest BCUT2D eigenvalue weighted by molar-refractivity contribution is 6.31. The van der Waals surface area contributed by atoms with E-state index in [0.29, 0.717) is 29.4 Å². The van der Waals surface area contributed by atoms with Gasteiger partial charge in [0.25, 0.3) is 5.91 Å². The first-order chi connectivity index (χ1) is 14.6. The van der Waals surface area contributed by atoms with E-state index in [1.807, 2.05) is 31.2 Å². The highest BCUT2D eigenvalue weighted by atomic mass is 35.5. The number of hydrogen-bond acceptors (Lipinski definition) is 6. The van der Waals surface area contributed by atoms with Crippen LogP contribution in [0.3, 0.4) is 0 Å². The fraction of sp³-hybridized carbons (Fsp3) is 0.250. The molecule has 4 aromatic rings. The van der Waals surface area contributed by atoms with Gasteiger partial charge in [-0.2, -0.15) is 4.68 Å². The maximum atomic E-state index is 13.1. The summed E-state index contributed by atoms with van der Waals surface area (Å²) in [4.78, 5) is 17.8. The van der Waals surface area contributed by atoms with Crippen molar-refractivity contribution in [2.75, 3.05) is 13.7 Å². The molecule has 0 fully saturated rings. The quantitative estimate of drug-likeness (QED) is 0.488. The summed E-state index contributed by atoms with van der Waals surface area (Å²) < 4.78 is 8.71. The van der Waals surface area contributed by atoms with Crippen molar-refractivity contribution in [3.8, 4) is 5.69 Å². The van der Waals surface area contributed by atoms with E-state index in [1.54, 1.807) is 25.3 Å². The fourth-order valence-electron chi connectivity index (χ4n) is 3.34. The van der Waals surface area contributed by atoms with Gasteiger partial charge in [-0.05, 0) is 47.7 Å². The summed E-state index contributed by atoms with van der Waals surface area (Å²) in [5.74, 6) is 0.467.